The van der Waals surface area contributed by atoms with Crippen molar-refractivity contribution in [3.05, 3.63) is 0 Å². The third kappa shape index (κ3) is 6.63. The summed E-state index contributed by atoms with van der Waals surface area (Å²) < 4.78 is 0. The van der Waals surface area contributed by atoms with Gasteiger partial charge in [-0.05, 0) is 13.3 Å². The van der Waals surface area contributed by atoms with Crippen LogP contribution < -0.4 is 11.1 Å². The highest BCUT2D eigenvalue weighted by molar-refractivity contribution is 5.74. The minimum atomic E-state index is -0.831. The van der Waals surface area contributed by atoms with Crippen molar-refractivity contribution in [2.75, 3.05) is 0 Å². The summed E-state index contributed by atoms with van der Waals surface area (Å²) in [7, 11) is 0. The largest absolute Gasteiger partial charge is 0.481 e. The molecule has 1 atom stereocenters. The van der Waals surface area contributed by atoms with E-state index in [1.807, 2.05) is 0 Å². The van der Waals surface area contributed by atoms with Gasteiger partial charge >= 0.3 is 5.97 Å². The van der Waals surface area contributed by atoms with Crippen LogP contribution in [0.2, 0.25) is 0 Å². The SMILES string of the molecule is CC(CCC(=O)O)NC(=N)N. The van der Waals surface area contributed by atoms with Crippen LogP contribution in [-0.2, 0) is 4.79 Å². The molecule has 0 saturated carbocycles. The number of aliphatic carboxylic acids is 1. The molecule has 11 heavy (non-hydrogen) atoms. The number of carbonyl (C=O) groups is 1. The number of carboxylic acid groups (broad SMARTS) is 1. The Balaban J connectivity index is 3.44. The van der Waals surface area contributed by atoms with Crippen LogP contribution in [0.4, 0.5) is 0 Å². The number of carboxylic acids is 1. The van der Waals surface area contributed by atoms with Crippen LogP contribution in [0.1, 0.15) is 19.8 Å². The van der Waals surface area contributed by atoms with Crippen LogP contribution in [0.25, 0.3) is 0 Å². The molecule has 0 aliphatic heterocycles. The predicted octanol–water partition coefficient (Wildman–Crippen LogP) is -0.277. The first kappa shape index (κ1) is 9.74. The van der Waals surface area contributed by atoms with Gasteiger partial charge in [-0.25, -0.2) is 0 Å². The first-order valence-electron chi connectivity index (χ1n) is 3.34. The van der Waals surface area contributed by atoms with E-state index >= 15 is 0 Å². The van der Waals surface area contributed by atoms with Crippen molar-refractivity contribution in [3.63, 3.8) is 0 Å². The van der Waals surface area contributed by atoms with E-state index in [9.17, 15) is 4.79 Å². The molecule has 0 aliphatic rings. The second kappa shape index (κ2) is 4.54. The molecule has 0 aromatic carbocycles. The summed E-state index contributed by atoms with van der Waals surface area (Å²) in [4.78, 5) is 10.1. The van der Waals surface area contributed by atoms with E-state index in [2.05, 4.69) is 5.32 Å². The minimum Gasteiger partial charge on any atom is -0.481 e. The molecule has 0 bridgehead atoms. The van der Waals surface area contributed by atoms with Gasteiger partial charge in [-0.3, -0.25) is 10.2 Å². The lowest BCUT2D eigenvalue weighted by Gasteiger charge is -2.11. The molecule has 0 amide bonds. The third-order valence-corrected chi connectivity index (χ3v) is 1.19. The first-order chi connectivity index (χ1) is 5.02. The third-order valence-electron chi connectivity index (χ3n) is 1.19. The number of rotatable bonds is 4. The van der Waals surface area contributed by atoms with E-state index in [1.165, 1.54) is 0 Å². The summed E-state index contributed by atoms with van der Waals surface area (Å²) in [6.07, 6.45) is 0.580. The Hall–Kier alpha value is -1.26. The second-order valence-electron chi connectivity index (χ2n) is 2.39. The van der Waals surface area contributed by atoms with E-state index in [0.717, 1.165) is 0 Å². The fourth-order valence-corrected chi connectivity index (χ4v) is 0.678. The molecule has 0 rings (SSSR count). The van der Waals surface area contributed by atoms with Crippen LogP contribution in [0, 0.1) is 5.41 Å². The topological polar surface area (TPSA) is 99.2 Å². The zero-order chi connectivity index (χ0) is 8.85. The van der Waals surface area contributed by atoms with Crippen LogP contribution in [-0.4, -0.2) is 23.1 Å². The molecule has 0 radical (unpaired) electrons. The Morgan fingerprint density at radius 3 is 2.73 bits per heavy atom. The zero-order valence-electron chi connectivity index (χ0n) is 6.42. The Morgan fingerprint density at radius 2 is 2.36 bits per heavy atom. The molecule has 0 aromatic heterocycles. The van der Waals surface area contributed by atoms with Gasteiger partial charge < -0.3 is 16.2 Å². The number of hydrogen-bond donors (Lipinski definition) is 4. The molecule has 0 spiro atoms. The monoisotopic (exact) mass is 159 g/mol. The van der Waals surface area contributed by atoms with Crippen LogP contribution in [0.15, 0.2) is 0 Å². The van der Waals surface area contributed by atoms with Crippen molar-refractivity contribution >= 4 is 11.9 Å². The van der Waals surface area contributed by atoms with Crippen molar-refractivity contribution < 1.29 is 9.90 Å². The number of guanidine groups is 1. The van der Waals surface area contributed by atoms with Gasteiger partial charge in [0.25, 0.3) is 0 Å². The molecule has 64 valence electrons. The van der Waals surface area contributed by atoms with E-state index in [-0.39, 0.29) is 18.4 Å². The summed E-state index contributed by atoms with van der Waals surface area (Å²) in [5.74, 6) is -0.954. The smallest absolute Gasteiger partial charge is 0.303 e. The van der Waals surface area contributed by atoms with E-state index in [4.69, 9.17) is 16.2 Å². The first-order valence-corrected chi connectivity index (χ1v) is 3.34. The number of hydrogen-bond acceptors (Lipinski definition) is 2. The summed E-state index contributed by atoms with van der Waals surface area (Å²) in [6.45, 7) is 1.78. The average Bonchev–Trinajstić information content (AvgIpc) is 1.82. The molecule has 5 heteroatoms. The average molecular weight is 159 g/mol. The highest BCUT2D eigenvalue weighted by Crippen LogP contribution is 1.94. The molecule has 1 unspecified atom stereocenters. The van der Waals surface area contributed by atoms with Gasteiger partial charge in [0.15, 0.2) is 5.96 Å². The summed E-state index contributed by atoms with van der Waals surface area (Å²) in [5.41, 5.74) is 5.02. The van der Waals surface area contributed by atoms with Crippen molar-refractivity contribution in [1.29, 1.82) is 5.41 Å². The standard InChI is InChI=1S/C6H13N3O2/c1-4(9-6(7)8)2-3-5(10)11/h4H,2-3H2,1H3,(H,10,11)(H4,7,8,9). The maximum atomic E-state index is 10.1. The summed E-state index contributed by atoms with van der Waals surface area (Å²) in [6, 6.07) is -0.0522. The Morgan fingerprint density at radius 1 is 1.82 bits per heavy atom. The lowest BCUT2D eigenvalue weighted by Crippen LogP contribution is -2.37. The van der Waals surface area contributed by atoms with Gasteiger partial charge in [-0.2, -0.15) is 0 Å². The zero-order valence-corrected chi connectivity index (χ0v) is 6.42. The molecular weight excluding hydrogens is 146 g/mol. The Labute approximate surface area is 65.1 Å². The van der Waals surface area contributed by atoms with Gasteiger partial charge in [0, 0.05) is 12.5 Å². The van der Waals surface area contributed by atoms with E-state index in [0.29, 0.717) is 6.42 Å². The lowest BCUT2D eigenvalue weighted by atomic mass is 10.2. The van der Waals surface area contributed by atoms with Crippen LogP contribution >= 0.6 is 0 Å². The Bertz CT molecular complexity index is 158. The molecule has 5 N–H and O–H groups in total. The van der Waals surface area contributed by atoms with Gasteiger partial charge in [-0.1, -0.05) is 0 Å². The molecule has 0 aliphatic carbocycles. The fraction of sp³-hybridized carbons (Fsp3) is 0.667. The van der Waals surface area contributed by atoms with Gasteiger partial charge in [-0.15, -0.1) is 0 Å². The minimum absolute atomic E-state index is 0.0522. The highest BCUT2D eigenvalue weighted by atomic mass is 16.4. The summed E-state index contributed by atoms with van der Waals surface area (Å²) >= 11 is 0. The molecule has 0 aromatic rings. The quantitative estimate of drug-likeness (QED) is 0.335. The molecule has 5 nitrogen and oxygen atoms in total. The maximum Gasteiger partial charge on any atom is 0.303 e. The van der Waals surface area contributed by atoms with Crippen molar-refractivity contribution in [3.8, 4) is 0 Å². The normalized spacial score (nSPS) is 12.1. The molecule has 0 saturated heterocycles. The van der Waals surface area contributed by atoms with Crippen LogP contribution in [0.5, 0.6) is 0 Å². The van der Waals surface area contributed by atoms with Crippen LogP contribution in [0.3, 0.4) is 0 Å². The second-order valence-corrected chi connectivity index (χ2v) is 2.39. The lowest BCUT2D eigenvalue weighted by molar-refractivity contribution is -0.137. The van der Waals surface area contributed by atoms with Crippen molar-refractivity contribution in [2.24, 2.45) is 5.73 Å². The van der Waals surface area contributed by atoms with Crippen molar-refractivity contribution in [2.45, 2.75) is 25.8 Å². The fourth-order valence-electron chi connectivity index (χ4n) is 0.678. The molecule has 0 fully saturated rings. The molecule has 0 heterocycles. The van der Waals surface area contributed by atoms with E-state index < -0.39 is 5.97 Å². The number of nitrogens with one attached hydrogen (secondary N) is 2. The Kier molecular flexibility index (Phi) is 4.02. The predicted molar refractivity (Wildman–Crippen MR) is 41.4 cm³/mol. The van der Waals surface area contributed by atoms with Gasteiger partial charge in [0.05, 0.1) is 0 Å². The van der Waals surface area contributed by atoms with Gasteiger partial charge in [0.2, 0.25) is 0 Å². The van der Waals surface area contributed by atoms with Gasteiger partial charge in [0.1, 0.15) is 0 Å². The molecular formula is C6H13N3O2. The number of nitrogens with two attached hydrogens (primary N) is 1. The summed E-state index contributed by atoms with van der Waals surface area (Å²) in [5, 5.41) is 17.7. The van der Waals surface area contributed by atoms with Crippen molar-refractivity contribution in [1.82, 2.24) is 5.32 Å². The van der Waals surface area contributed by atoms with E-state index in [1.54, 1.807) is 6.92 Å². The maximum absolute atomic E-state index is 10.1. The highest BCUT2D eigenvalue weighted by Gasteiger charge is 2.04.